The molecule has 0 atom stereocenters. The zero-order valence-electron chi connectivity index (χ0n) is 6.05. The first-order valence-corrected chi connectivity index (χ1v) is 4.20. The summed E-state index contributed by atoms with van der Waals surface area (Å²) >= 11 is 3.42. The average Bonchev–Trinajstić information content (AvgIpc) is 2.03. The zero-order chi connectivity index (χ0) is 8.10. The predicted octanol–water partition coefficient (Wildman–Crippen LogP) is 2.91. The van der Waals surface area contributed by atoms with E-state index in [2.05, 4.69) is 20.8 Å². The number of halogens is 1. The van der Waals surface area contributed by atoms with Gasteiger partial charge < -0.3 is 4.85 Å². The van der Waals surface area contributed by atoms with Crippen molar-refractivity contribution in [2.45, 2.75) is 6.42 Å². The van der Waals surface area contributed by atoms with E-state index in [9.17, 15) is 0 Å². The van der Waals surface area contributed by atoms with Crippen LogP contribution in [0.15, 0.2) is 28.7 Å². The summed E-state index contributed by atoms with van der Waals surface area (Å²) in [5.74, 6) is 0. The van der Waals surface area contributed by atoms with Crippen LogP contribution in [-0.2, 0) is 6.42 Å². The minimum absolute atomic E-state index is 0.572. The van der Waals surface area contributed by atoms with Gasteiger partial charge >= 0.3 is 0 Å². The van der Waals surface area contributed by atoms with Crippen LogP contribution in [0, 0.1) is 6.57 Å². The van der Waals surface area contributed by atoms with E-state index in [1.165, 1.54) is 5.56 Å². The van der Waals surface area contributed by atoms with E-state index < -0.39 is 0 Å². The minimum atomic E-state index is 0.572. The lowest BCUT2D eigenvalue weighted by Crippen LogP contribution is -1.87. The van der Waals surface area contributed by atoms with Crippen LogP contribution >= 0.6 is 15.9 Å². The van der Waals surface area contributed by atoms with Crippen LogP contribution in [0.3, 0.4) is 0 Å². The summed E-state index contributed by atoms with van der Waals surface area (Å²) in [5, 5.41) is 0. The summed E-state index contributed by atoms with van der Waals surface area (Å²) in [6.45, 7) is 7.20. The maximum Gasteiger partial charge on any atom is 0.218 e. The van der Waals surface area contributed by atoms with Gasteiger partial charge in [-0.2, -0.15) is 0 Å². The van der Waals surface area contributed by atoms with Gasteiger partial charge in [-0.3, -0.25) is 0 Å². The largest absolute Gasteiger partial charge is 0.317 e. The molecule has 0 aliphatic heterocycles. The second-order valence-electron chi connectivity index (χ2n) is 2.22. The van der Waals surface area contributed by atoms with Gasteiger partial charge in [-0.15, -0.1) is 0 Å². The van der Waals surface area contributed by atoms with Crippen molar-refractivity contribution in [3.8, 4) is 0 Å². The summed E-state index contributed by atoms with van der Waals surface area (Å²) in [5.41, 5.74) is 1.21. The second-order valence-corrected chi connectivity index (χ2v) is 3.08. The Morgan fingerprint density at radius 3 is 2.73 bits per heavy atom. The Balaban J connectivity index is 2.71. The Morgan fingerprint density at radius 1 is 1.36 bits per heavy atom. The van der Waals surface area contributed by atoms with Gasteiger partial charge in [0.2, 0.25) is 6.54 Å². The molecule has 0 heterocycles. The average molecular weight is 210 g/mol. The van der Waals surface area contributed by atoms with E-state index in [-0.39, 0.29) is 0 Å². The summed E-state index contributed by atoms with van der Waals surface area (Å²) in [6.07, 6.45) is 0.838. The first kappa shape index (κ1) is 8.29. The van der Waals surface area contributed by atoms with Gasteiger partial charge in [0, 0.05) is 10.9 Å². The number of hydrogen-bond donors (Lipinski definition) is 0. The van der Waals surface area contributed by atoms with Crippen LogP contribution in [0.5, 0.6) is 0 Å². The highest BCUT2D eigenvalue weighted by Crippen LogP contribution is 2.15. The molecule has 1 aromatic carbocycles. The van der Waals surface area contributed by atoms with Gasteiger partial charge in [0.15, 0.2) is 0 Å². The molecule has 0 saturated heterocycles. The molecule has 0 bridgehead atoms. The Hall–Kier alpha value is -0.810. The zero-order valence-corrected chi connectivity index (χ0v) is 7.63. The third-order valence-corrected chi connectivity index (χ3v) is 2.22. The standard InChI is InChI=1S/C9H8BrN/c1-11-7-6-8-4-2-3-5-9(8)10/h2-5H,6-7H2. The van der Waals surface area contributed by atoms with Gasteiger partial charge in [0.25, 0.3) is 0 Å². The normalized spacial score (nSPS) is 9.09. The Labute approximate surface area is 75.0 Å². The monoisotopic (exact) mass is 209 g/mol. The van der Waals surface area contributed by atoms with E-state index in [0.717, 1.165) is 10.9 Å². The molecule has 11 heavy (non-hydrogen) atoms. The van der Waals surface area contributed by atoms with Crippen molar-refractivity contribution < 1.29 is 0 Å². The molecule has 56 valence electrons. The molecule has 1 rings (SSSR count). The number of hydrogen-bond acceptors (Lipinski definition) is 0. The molecular weight excluding hydrogens is 202 g/mol. The summed E-state index contributed by atoms with van der Waals surface area (Å²) in [7, 11) is 0. The van der Waals surface area contributed by atoms with Crippen molar-refractivity contribution in [1.82, 2.24) is 0 Å². The molecule has 0 aliphatic rings. The Morgan fingerprint density at radius 2 is 2.09 bits per heavy atom. The Kier molecular flexibility index (Phi) is 3.13. The third kappa shape index (κ3) is 2.36. The third-order valence-electron chi connectivity index (χ3n) is 1.45. The molecule has 0 radical (unpaired) electrons. The van der Waals surface area contributed by atoms with E-state index in [4.69, 9.17) is 6.57 Å². The van der Waals surface area contributed by atoms with Gasteiger partial charge in [-0.05, 0) is 11.6 Å². The Bertz CT molecular complexity index is 275. The van der Waals surface area contributed by atoms with Gasteiger partial charge in [-0.25, -0.2) is 6.57 Å². The van der Waals surface area contributed by atoms with Gasteiger partial charge in [0.05, 0.1) is 0 Å². The highest BCUT2D eigenvalue weighted by molar-refractivity contribution is 9.10. The van der Waals surface area contributed by atoms with E-state index in [1.807, 2.05) is 24.3 Å². The fraction of sp³-hybridized carbons (Fsp3) is 0.222. The number of benzene rings is 1. The van der Waals surface area contributed by atoms with Gasteiger partial charge in [0.1, 0.15) is 0 Å². The molecule has 0 saturated carbocycles. The van der Waals surface area contributed by atoms with E-state index in [0.29, 0.717) is 6.54 Å². The molecule has 0 aliphatic carbocycles. The van der Waals surface area contributed by atoms with Crippen LogP contribution in [0.25, 0.3) is 4.85 Å². The van der Waals surface area contributed by atoms with E-state index in [1.54, 1.807) is 0 Å². The smallest absolute Gasteiger partial charge is 0.218 e. The summed E-state index contributed by atoms with van der Waals surface area (Å²) in [4.78, 5) is 3.30. The fourth-order valence-electron chi connectivity index (χ4n) is 0.877. The van der Waals surface area contributed by atoms with Crippen LogP contribution < -0.4 is 0 Å². The lowest BCUT2D eigenvalue weighted by atomic mass is 10.2. The molecular formula is C9H8BrN. The fourth-order valence-corrected chi connectivity index (χ4v) is 1.36. The summed E-state index contributed by atoms with van der Waals surface area (Å²) < 4.78 is 1.10. The van der Waals surface area contributed by atoms with Crippen molar-refractivity contribution in [3.05, 3.63) is 45.7 Å². The summed E-state index contributed by atoms with van der Waals surface area (Å²) in [6, 6.07) is 8.00. The van der Waals surface area contributed by atoms with Crippen molar-refractivity contribution in [2.24, 2.45) is 0 Å². The lowest BCUT2D eigenvalue weighted by Gasteiger charge is -1.97. The molecule has 2 heteroatoms. The number of nitrogens with zero attached hydrogens (tertiary/aromatic N) is 1. The second kappa shape index (κ2) is 4.15. The topological polar surface area (TPSA) is 4.36 Å². The quantitative estimate of drug-likeness (QED) is 0.661. The maximum atomic E-state index is 6.63. The predicted molar refractivity (Wildman–Crippen MR) is 49.3 cm³/mol. The molecule has 1 nitrogen and oxygen atoms in total. The SMILES string of the molecule is [C-]#[N+]CCc1ccccc1Br. The van der Waals surface area contributed by atoms with Crippen molar-refractivity contribution >= 4 is 15.9 Å². The van der Waals surface area contributed by atoms with Crippen LogP contribution in [0.1, 0.15) is 5.56 Å². The lowest BCUT2D eigenvalue weighted by molar-refractivity contribution is 1.07. The van der Waals surface area contributed by atoms with Crippen molar-refractivity contribution in [1.29, 1.82) is 0 Å². The molecule has 0 aromatic heterocycles. The highest BCUT2D eigenvalue weighted by atomic mass is 79.9. The van der Waals surface area contributed by atoms with Gasteiger partial charge in [-0.1, -0.05) is 34.1 Å². The number of rotatable bonds is 2. The molecule has 0 amide bonds. The van der Waals surface area contributed by atoms with Crippen molar-refractivity contribution in [3.63, 3.8) is 0 Å². The first-order valence-electron chi connectivity index (χ1n) is 3.41. The van der Waals surface area contributed by atoms with Crippen LogP contribution in [0.4, 0.5) is 0 Å². The molecule has 0 N–H and O–H groups in total. The molecule has 0 spiro atoms. The molecule has 1 aromatic rings. The van der Waals surface area contributed by atoms with E-state index >= 15 is 0 Å². The molecule has 0 unspecified atom stereocenters. The first-order chi connectivity index (χ1) is 5.34. The van der Waals surface area contributed by atoms with Crippen LogP contribution in [0.2, 0.25) is 0 Å². The molecule has 0 fully saturated rings. The van der Waals surface area contributed by atoms with Crippen LogP contribution in [-0.4, -0.2) is 6.54 Å². The van der Waals surface area contributed by atoms with Crippen molar-refractivity contribution in [2.75, 3.05) is 6.54 Å². The highest BCUT2D eigenvalue weighted by Gasteiger charge is 1.97. The minimum Gasteiger partial charge on any atom is -0.317 e. The maximum absolute atomic E-state index is 6.63.